The first-order valence-electron chi connectivity index (χ1n) is 7.03. The standard InChI is InChI=1S/C15H22N4S2/c1-5-16-15(19(4)9-13-6-7-20-10-13)17-8-14-11(2)18-12(3)21-14/h6-7,10H,5,8-9H2,1-4H3,(H,16,17). The molecule has 2 aromatic heterocycles. The summed E-state index contributed by atoms with van der Waals surface area (Å²) >= 11 is 3.46. The SMILES string of the molecule is CCNC(=NCc1sc(C)nc1C)N(C)Cc1ccsc1. The van der Waals surface area contributed by atoms with Gasteiger partial charge in [0.15, 0.2) is 5.96 Å². The molecule has 0 aliphatic heterocycles. The summed E-state index contributed by atoms with van der Waals surface area (Å²) in [5.41, 5.74) is 2.41. The minimum Gasteiger partial charge on any atom is -0.357 e. The van der Waals surface area contributed by atoms with Crippen LogP contribution in [0.4, 0.5) is 0 Å². The minimum atomic E-state index is 0.688. The molecule has 6 heteroatoms. The minimum absolute atomic E-state index is 0.688. The smallest absolute Gasteiger partial charge is 0.194 e. The molecule has 0 radical (unpaired) electrons. The fourth-order valence-corrected chi connectivity index (χ4v) is 3.59. The monoisotopic (exact) mass is 322 g/mol. The van der Waals surface area contributed by atoms with Gasteiger partial charge in [-0.25, -0.2) is 9.98 Å². The second-order valence-corrected chi connectivity index (χ2v) is 6.97. The average molecular weight is 323 g/mol. The van der Waals surface area contributed by atoms with E-state index in [1.807, 2.05) is 6.92 Å². The van der Waals surface area contributed by atoms with Crippen LogP contribution in [-0.2, 0) is 13.1 Å². The Morgan fingerprint density at radius 1 is 1.43 bits per heavy atom. The number of hydrogen-bond donors (Lipinski definition) is 1. The van der Waals surface area contributed by atoms with Crippen LogP contribution >= 0.6 is 22.7 Å². The summed E-state index contributed by atoms with van der Waals surface area (Å²) in [7, 11) is 2.07. The van der Waals surface area contributed by atoms with Crippen LogP contribution < -0.4 is 5.32 Å². The first-order valence-corrected chi connectivity index (χ1v) is 8.79. The van der Waals surface area contributed by atoms with Crippen molar-refractivity contribution in [2.45, 2.75) is 33.9 Å². The molecule has 0 atom stereocenters. The number of thiophene rings is 1. The molecule has 0 saturated heterocycles. The number of hydrogen-bond acceptors (Lipinski definition) is 4. The molecule has 0 amide bonds. The maximum Gasteiger partial charge on any atom is 0.194 e. The van der Waals surface area contributed by atoms with E-state index < -0.39 is 0 Å². The van der Waals surface area contributed by atoms with Gasteiger partial charge in [-0.15, -0.1) is 11.3 Å². The number of rotatable bonds is 5. The van der Waals surface area contributed by atoms with Crippen LogP contribution in [0.2, 0.25) is 0 Å². The third kappa shape index (κ3) is 4.54. The summed E-state index contributed by atoms with van der Waals surface area (Å²) in [6.07, 6.45) is 0. The molecule has 2 aromatic rings. The van der Waals surface area contributed by atoms with E-state index in [1.165, 1.54) is 10.4 Å². The normalized spacial score (nSPS) is 11.7. The zero-order chi connectivity index (χ0) is 15.2. The Hall–Kier alpha value is -1.40. The lowest BCUT2D eigenvalue weighted by Crippen LogP contribution is -2.38. The summed E-state index contributed by atoms with van der Waals surface area (Å²) in [6, 6.07) is 2.15. The maximum absolute atomic E-state index is 4.74. The van der Waals surface area contributed by atoms with Crippen LogP contribution in [0.1, 0.15) is 28.1 Å². The lowest BCUT2D eigenvalue weighted by atomic mass is 10.3. The van der Waals surface area contributed by atoms with E-state index in [0.29, 0.717) is 6.54 Å². The van der Waals surface area contributed by atoms with E-state index in [0.717, 1.165) is 29.8 Å². The molecule has 0 aliphatic carbocycles. The quantitative estimate of drug-likeness (QED) is 0.677. The van der Waals surface area contributed by atoms with E-state index >= 15 is 0 Å². The molecular formula is C15H22N4S2. The molecule has 0 unspecified atom stereocenters. The van der Waals surface area contributed by atoms with Crippen molar-refractivity contribution in [1.82, 2.24) is 15.2 Å². The number of aliphatic imine (C=N–C) groups is 1. The van der Waals surface area contributed by atoms with Gasteiger partial charge in [0.05, 0.1) is 17.2 Å². The van der Waals surface area contributed by atoms with Crippen molar-refractivity contribution in [3.8, 4) is 0 Å². The van der Waals surface area contributed by atoms with Crippen LogP contribution in [0.25, 0.3) is 0 Å². The molecule has 0 saturated carbocycles. The first kappa shape index (κ1) is 16.0. The molecule has 1 N–H and O–H groups in total. The summed E-state index contributed by atoms with van der Waals surface area (Å²) in [5.74, 6) is 0.939. The fourth-order valence-electron chi connectivity index (χ4n) is 2.07. The number of nitrogens with one attached hydrogen (secondary N) is 1. The van der Waals surface area contributed by atoms with E-state index in [9.17, 15) is 0 Å². The van der Waals surface area contributed by atoms with Gasteiger partial charge in [0.2, 0.25) is 0 Å². The summed E-state index contributed by atoms with van der Waals surface area (Å²) < 4.78 is 0. The molecule has 0 bridgehead atoms. The van der Waals surface area contributed by atoms with E-state index in [2.05, 4.69) is 52.9 Å². The van der Waals surface area contributed by atoms with Crippen LogP contribution in [0, 0.1) is 13.8 Å². The molecule has 21 heavy (non-hydrogen) atoms. The lowest BCUT2D eigenvalue weighted by molar-refractivity contribution is 0.477. The number of thiazole rings is 1. The largest absolute Gasteiger partial charge is 0.357 e. The second-order valence-electron chi connectivity index (χ2n) is 4.90. The van der Waals surface area contributed by atoms with Gasteiger partial charge >= 0.3 is 0 Å². The number of aromatic nitrogens is 1. The van der Waals surface area contributed by atoms with Crippen molar-refractivity contribution >= 4 is 28.6 Å². The fraction of sp³-hybridized carbons (Fsp3) is 0.467. The van der Waals surface area contributed by atoms with Gasteiger partial charge < -0.3 is 10.2 Å². The highest BCUT2D eigenvalue weighted by atomic mass is 32.1. The third-order valence-electron chi connectivity index (χ3n) is 3.07. The zero-order valence-electron chi connectivity index (χ0n) is 13.0. The van der Waals surface area contributed by atoms with Crippen molar-refractivity contribution in [2.24, 2.45) is 4.99 Å². The molecule has 2 rings (SSSR count). The van der Waals surface area contributed by atoms with Gasteiger partial charge in [-0.05, 0) is 43.2 Å². The molecule has 0 aliphatic rings. The van der Waals surface area contributed by atoms with Gasteiger partial charge in [-0.1, -0.05) is 0 Å². The van der Waals surface area contributed by atoms with Gasteiger partial charge in [-0.2, -0.15) is 11.3 Å². The molecular weight excluding hydrogens is 300 g/mol. The lowest BCUT2D eigenvalue weighted by Gasteiger charge is -2.21. The van der Waals surface area contributed by atoms with Gasteiger partial charge in [0, 0.05) is 25.0 Å². The first-order chi connectivity index (χ1) is 10.1. The third-order valence-corrected chi connectivity index (χ3v) is 4.86. The molecule has 4 nitrogen and oxygen atoms in total. The highest BCUT2D eigenvalue weighted by Gasteiger charge is 2.09. The van der Waals surface area contributed by atoms with Crippen LogP contribution in [-0.4, -0.2) is 29.4 Å². The van der Waals surface area contributed by atoms with Crippen molar-refractivity contribution in [1.29, 1.82) is 0 Å². The van der Waals surface area contributed by atoms with Crippen molar-refractivity contribution in [3.05, 3.63) is 38.0 Å². The van der Waals surface area contributed by atoms with Gasteiger partial charge in [0.1, 0.15) is 0 Å². The average Bonchev–Trinajstić information content (AvgIpc) is 3.04. The van der Waals surface area contributed by atoms with Crippen molar-refractivity contribution < 1.29 is 0 Å². The molecule has 0 spiro atoms. The number of aryl methyl sites for hydroxylation is 2. The predicted octanol–water partition coefficient (Wildman–Crippen LogP) is 3.42. The van der Waals surface area contributed by atoms with E-state index in [1.54, 1.807) is 22.7 Å². The predicted molar refractivity (Wildman–Crippen MR) is 92.2 cm³/mol. The molecule has 114 valence electrons. The summed E-state index contributed by atoms with van der Waals surface area (Å²) in [5, 5.41) is 8.75. The van der Waals surface area contributed by atoms with Crippen molar-refractivity contribution in [3.63, 3.8) is 0 Å². The molecule has 2 heterocycles. The van der Waals surface area contributed by atoms with E-state index in [-0.39, 0.29) is 0 Å². The summed E-state index contributed by atoms with van der Waals surface area (Å²) in [6.45, 7) is 8.61. The Labute approximate surface area is 134 Å². The van der Waals surface area contributed by atoms with Crippen LogP contribution in [0.15, 0.2) is 21.8 Å². The van der Waals surface area contributed by atoms with Gasteiger partial charge in [0.25, 0.3) is 0 Å². The Morgan fingerprint density at radius 3 is 2.81 bits per heavy atom. The van der Waals surface area contributed by atoms with Crippen LogP contribution in [0.5, 0.6) is 0 Å². The zero-order valence-corrected chi connectivity index (χ0v) is 14.6. The maximum atomic E-state index is 4.74. The highest BCUT2D eigenvalue weighted by molar-refractivity contribution is 7.11. The topological polar surface area (TPSA) is 40.5 Å². The second kappa shape index (κ2) is 7.56. The Balaban J connectivity index is 2.06. The highest BCUT2D eigenvalue weighted by Crippen LogP contribution is 2.18. The summed E-state index contributed by atoms with van der Waals surface area (Å²) in [4.78, 5) is 12.6. The van der Waals surface area contributed by atoms with Crippen LogP contribution in [0.3, 0.4) is 0 Å². The molecule has 0 aromatic carbocycles. The Bertz CT molecular complexity index is 587. The Morgan fingerprint density at radius 2 is 2.24 bits per heavy atom. The number of guanidine groups is 1. The van der Waals surface area contributed by atoms with Crippen molar-refractivity contribution in [2.75, 3.05) is 13.6 Å². The van der Waals surface area contributed by atoms with Gasteiger partial charge in [-0.3, -0.25) is 0 Å². The Kier molecular flexibility index (Phi) is 5.76. The van der Waals surface area contributed by atoms with E-state index in [4.69, 9.17) is 4.99 Å². The number of nitrogens with zero attached hydrogens (tertiary/aromatic N) is 3. The molecule has 0 fully saturated rings.